The minimum atomic E-state index is -2.03. The number of alkyl halides is 3. The highest BCUT2D eigenvalue weighted by Gasteiger charge is 2.61. The first-order valence-corrected chi connectivity index (χ1v) is 18.0. The van der Waals surface area contributed by atoms with E-state index in [4.69, 9.17) is 9.47 Å². The zero-order valence-electron chi connectivity index (χ0n) is 30.3. The van der Waals surface area contributed by atoms with Gasteiger partial charge in [-0.25, -0.2) is 8.78 Å². The third kappa shape index (κ3) is 9.09. The Hall–Kier alpha value is -3.38. The molecule has 2 aromatic carbocycles. The Bertz CT molecular complexity index is 1370. The van der Waals surface area contributed by atoms with E-state index in [9.17, 15) is 28.7 Å². The average molecular weight is 766 g/mol. The van der Waals surface area contributed by atoms with Crippen LogP contribution in [0, 0.1) is 10.8 Å². The lowest BCUT2D eigenvalue weighted by atomic mass is 9.82. The molecule has 276 valence electrons. The Morgan fingerprint density at radius 3 is 1.40 bits per heavy atom. The topological polar surface area (TPSA) is 113 Å². The number of aliphatic hydroxyl groups excluding tert-OH is 1. The predicted octanol–water partition coefficient (Wildman–Crippen LogP) is 6.68. The summed E-state index contributed by atoms with van der Waals surface area (Å²) in [4.78, 5) is 53.4. The molecule has 2 unspecified atom stereocenters. The van der Waals surface area contributed by atoms with E-state index >= 15 is 4.39 Å². The van der Waals surface area contributed by atoms with Gasteiger partial charge in [-0.2, -0.15) is 0 Å². The minimum Gasteiger partial charge on any atom is -0.459 e. The summed E-state index contributed by atoms with van der Waals surface area (Å²) in [7, 11) is 0. The van der Waals surface area contributed by atoms with Crippen molar-refractivity contribution in [1.29, 1.82) is 0 Å². The van der Waals surface area contributed by atoms with Crippen LogP contribution in [0.15, 0.2) is 60.7 Å². The number of esters is 2. The van der Waals surface area contributed by atoms with E-state index in [2.05, 4.69) is 15.9 Å². The van der Waals surface area contributed by atoms with Gasteiger partial charge in [-0.15, -0.1) is 0 Å². The number of ether oxygens (including phenoxy) is 2. The van der Waals surface area contributed by atoms with Gasteiger partial charge < -0.3 is 24.4 Å². The zero-order valence-corrected chi connectivity index (χ0v) is 31.8. The third-order valence-electron chi connectivity index (χ3n) is 9.08. The number of hydrogen-bond acceptors (Lipinski definition) is 7. The predicted molar refractivity (Wildman–Crippen MR) is 190 cm³/mol. The molecule has 0 aliphatic carbocycles. The summed E-state index contributed by atoms with van der Waals surface area (Å²) in [5.41, 5.74) is -2.94. The molecule has 9 nitrogen and oxygen atoms in total. The van der Waals surface area contributed by atoms with Crippen LogP contribution >= 0.6 is 15.9 Å². The van der Waals surface area contributed by atoms with Crippen LogP contribution in [0.1, 0.15) is 91.4 Å². The summed E-state index contributed by atoms with van der Waals surface area (Å²) < 4.78 is 40.8. The van der Waals surface area contributed by atoms with Gasteiger partial charge in [-0.3, -0.25) is 19.2 Å². The van der Waals surface area contributed by atoms with Crippen molar-refractivity contribution < 1.29 is 42.5 Å². The second kappa shape index (κ2) is 16.3. The molecule has 2 aromatic rings. The molecule has 0 saturated carbocycles. The number of aliphatic hydroxyl groups is 1. The highest BCUT2D eigenvalue weighted by molar-refractivity contribution is 9.09. The van der Waals surface area contributed by atoms with Crippen LogP contribution in [0.25, 0.3) is 0 Å². The van der Waals surface area contributed by atoms with E-state index in [-0.39, 0.29) is 38.0 Å². The first kappa shape index (κ1) is 41.0. The van der Waals surface area contributed by atoms with Crippen molar-refractivity contribution in [3.05, 3.63) is 71.8 Å². The smallest absolute Gasteiger partial charge is 0.318 e. The maximum Gasteiger partial charge on any atom is 0.318 e. The quantitative estimate of drug-likeness (QED) is 0.212. The van der Waals surface area contributed by atoms with Crippen molar-refractivity contribution in [3.63, 3.8) is 0 Å². The third-order valence-corrected chi connectivity index (χ3v) is 9.48. The molecule has 6 atom stereocenters. The fraction of sp³-hybridized carbons (Fsp3) is 0.579. The first-order chi connectivity index (χ1) is 23.2. The van der Waals surface area contributed by atoms with Crippen LogP contribution in [0.4, 0.5) is 8.78 Å². The molecule has 0 spiro atoms. The molecule has 12 heteroatoms. The molecule has 2 aliphatic heterocycles. The van der Waals surface area contributed by atoms with Crippen LogP contribution in [-0.2, 0) is 28.7 Å². The number of hydrogen-bond donors (Lipinski definition) is 1. The number of carbonyl (C=O) groups is 4. The highest BCUT2D eigenvalue weighted by atomic mass is 79.9. The van der Waals surface area contributed by atoms with Crippen molar-refractivity contribution in [3.8, 4) is 0 Å². The number of nitrogens with zero attached hydrogens (tertiary/aromatic N) is 2. The maximum atomic E-state index is 15.1. The molecule has 4 rings (SSSR count). The molecule has 1 N–H and O–H groups in total. The molecule has 2 heterocycles. The molecular formula is C38H51BrF2N2O7. The molecule has 2 fully saturated rings. The Morgan fingerprint density at radius 1 is 0.760 bits per heavy atom. The SMILES string of the molecule is C[C@H](c1ccccc1)N1C[C@@](CCBr)(C(=O)OC(C)(C)C)C(F)C1=O.C[C@H](c1ccccc1)N1C[C@@](CCO)(C(=O)OC(C)(C)C)C(F)C1=O. The highest BCUT2D eigenvalue weighted by Crippen LogP contribution is 2.44. The van der Waals surface area contributed by atoms with Gasteiger partial charge >= 0.3 is 11.9 Å². The summed E-state index contributed by atoms with van der Waals surface area (Å²) in [6.07, 6.45) is -3.88. The van der Waals surface area contributed by atoms with Crippen LogP contribution in [0.3, 0.4) is 0 Å². The summed E-state index contributed by atoms with van der Waals surface area (Å²) in [6.45, 7) is 13.4. The van der Waals surface area contributed by atoms with Crippen LogP contribution < -0.4 is 0 Å². The number of likely N-dealkylation sites (tertiary alicyclic amines) is 2. The Kier molecular flexibility index (Phi) is 13.4. The van der Waals surface area contributed by atoms with Gasteiger partial charge in [0, 0.05) is 25.0 Å². The molecule has 0 radical (unpaired) electrons. The van der Waals surface area contributed by atoms with Gasteiger partial charge in [0.2, 0.25) is 0 Å². The summed E-state index contributed by atoms with van der Waals surface area (Å²) in [5.74, 6) is -2.82. The Morgan fingerprint density at radius 2 is 1.10 bits per heavy atom. The minimum absolute atomic E-state index is 0.0174. The number of halogens is 3. The largest absolute Gasteiger partial charge is 0.459 e. The maximum absolute atomic E-state index is 15.1. The van der Waals surface area contributed by atoms with Gasteiger partial charge in [0.25, 0.3) is 11.8 Å². The summed E-state index contributed by atoms with van der Waals surface area (Å²) in [5, 5.41) is 9.79. The Balaban J connectivity index is 0.000000270. The van der Waals surface area contributed by atoms with Gasteiger partial charge in [-0.1, -0.05) is 76.6 Å². The first-order valence-electron chi connectivity index (χ1n) is 16.9. The number of amides is 2. The van der Waals surface area contributed by atoms with Crippen molar-refractivity contribution >= 4 is 39.7 Å². The molecule has 2 saturated heterocycles. The fourth-order valence-corrected chi connectivity index (χ4v) is 6.95. The number of rotatable bonds is 10. The zero-order chi connectivity index (χ0) is 37.7. The van der Waals surface area contributed by atoms with E-state index in [0.29, 0.717) is 5.33 Å². The molecule has 0 bridgehead atoms. The second-order valence-electron chi connectivity index (χ2n) is 15.1. The van der Waals surface area contributed by atoms with Crippen molar-refractivity contribution in [2.45, 2.75) is 104 Å². The van der Waals surface area contributed by atoms with Crippen LogP contribution in [0.2, 0.25) is 0 Å². The van der Waals surface area contributed by atoms with E-state index in [1.807, 2.05) is 67.6 Å². The molecular weight excluding hydrogens is 714 g/mol. The van der Waals surface area contributed by atoms with Crippen LogP contribution in [-0.4, -0.2) is 87.2 Å². The van der Waals surface area contributed by atoms with Crippen LogP contribution in [0.5, 0.6) is 0 Å². The second-order valence-corrected chi connectivity index (χ2v) is 15.9. The monoisotopic (exact) mass is 764 g/mol. The molecule has 2 aliphatic rings. The van der Waals surface area contributed by atoms with E-state index in [1.165, 1.54) is 9.80 Å². The molecule has 0 aromatic heterocycles. The van der Waals surface area contributed by atoms with Gasteiger partial charge in [0.1, 0.15) is 22.0 Å². The fourth-order valence-electron chi connectivity index (χ4n) is 6.25. The summed E-state index contributed by atoms with van der Waals surface area (Å²) in [6, 6.07) is 18.0. The van der Waals surface area contributed by atoms with E-state index in [1.54, 1.807) is 48.5 Å². The van der Waals surface area contributed by atoms with Gasteiger partial charge in [0.15, 0.2) is 12.3 Å². The van der Waals surface area contributed by atoms with E-state index < -0.39 is 64.7 Å². The van der Waals surface area contributed by atoms with Gasteiger partial charge in [0.05, 0.1) is 12.1 Å². The van der Waals surface area contributed by atoms with E-state index in [0.717, 1.165) is 11.1 Å². The lowest BCUT2D eigenvalue weighted by Gasteiger charge is -2.32. The van der Waals surface area contributed by atoms with Crippen molar-refractivity contribution in [2.24, 2.45) is 10.8 Å². The number of carbonyl (C=O) groups excluding carboxylic acids is 4. The van der Waals surface area contributed by atoms with Crippen molar-refractivity contribution in [2.75, 3.05) is 25.0 Å². The molecule has 2 amide bonds. The van der Waals surface area contributed by atoms with Gasteiger partial charge in [-0.05, 0) is 79.4 Å². The lowest BCUT2D eigenvalue weighted by Crippen LogP contribution is -2.45. The number of benzene rings is 2. The summed E-state index contributed by atoms with van der Waals surface area (Å²) >= 11 is 3.29. The van der Waals surface area contributed by atoms with Crippen molar-refractivity contribution in [1.82, 2.24) is 9.80 Å². The normalized spacial score (nSPS) is 25.1. The lowest BCUT2D eigenvalue weighted by molar-refractivity contribution is -0.172. The Labute approximate surface area is 302 Å². The average Bonchev–Trinajstić information content (AvgIpc) is 3.46. The molecule has 50 heavy (non-hydrogen) atoms. The standard InChI is InChI=1S/C19H25BrFNO3.C19H26FNO4/c1-13(14-8-6-5-7-9-14)22-12-19(10-11-20,15(21)16(22)23)17(24)25-18(2,3)4;1-13(14-8-6-5-7-9-14)21-12-19(10-11-22,15(20)16(21)23)17(24)25-18(2,3)4/h5-9,13,15H,10-12H2,1-4H3;5-9,13,15,22H,10-12H2,1-4H3/t2*13-,15?,19-/m11/s1.